The van der Waals surface area contributed by atoms with Gasteiger partial charge in [0.2, 0.25) is 5.91 Å². The zero-order chi connectivity index (χ0) is 20.8. The fraction of sp³-hybridized carbons (Fsp3) is 0.783. The molecule has 4 unspecified atom stereocenters. The van der Waals surface area contributed by atoms with Crippen LogP contribution in [0.3, 0.4) is 0 Å². The lowest BCUT2D eigenvalue weighted by Crippen LogP contribution is -2.50. The second-order valence-corrected chi connectivity index (χ2v) is 10.1. The number of aliphatic carboxylic acids is 1. The summed E-state index contributed by atoms with van der Waals surface area (Å²) in [4.78, 5) is 22.6. The lowest BCUT2D eigenvalue weighted by Gasteiger charge is -2.57. The van der Waals surface area contributed by atoms with Gasteiger partial charge in [-0.15, -0.1) is 0 Å². The minimum Gasteiger partial charge on any atom is -0.481 e. The molecule has 3 fully saturated rings. The highest BCUT2D eigenvalue weighted by molar-refractivity contribution is 5.93. The number of nitrogens with one attached hydrogen (secondary N) is 1. The van der Waals surface area contributed by atoms with E-state index >= 15 is 0 Å². The Morgan fingerprint density at radius 3 is 2.62 bits per heavy atom. The molecule has 0 aromatic rings. The molecule has 1 amide bonds. The van der Waals surface area contributed by atoms with E-state index in [1.165, 1.54) is 12.0 Å². The highest BCUT2D eigenvalue weighted by atomic mass is 16.4. The fourth-order valence-corrected chi connectivity index (χ4v) is 7.02. The van der Waals surface area contributed by atoms with Gasteiger partial charge in [0.15, 0.2) is 0 Å². The van der Waals surface area contributed by atoms with Crippen molar-refractivity contribution in [2.24, 2.45) is 33.7 Å². The van der Waals surface area contributed by atoms with E-state index < -0.39 is 5.97 Å². The first-order valence-electron chi connectivity index (χ1n) is 11.2. The molecule has 3 saturated carbocycles. The topological polar surface area (TPSA) is 99.0 Å². The van der Waals surface area contributed by atoms with Crippen molar-refractivity contribution in [2.45, 2.75) is 84.2 Å². The highest BCUT2D eigenvalue weighted by Gasteiger charge is 2.57. The highest BCUT2D eigenvalue weighted by Crippen LogP contribution is 2.64. The fourth-order valence-electron chi connectivity index (χ4n) is 7.02. The Balaban J connectivity index is 1.49. The Kier molecular flexibility index (Phi) is 5.34. The molecule has 0 aliphatic heterocycles. The van der Waals surface area contributed by atoms with E-state index in [1.807, 2.05) is 0 Å². The molecule has 0 aromatic heterocycles. The van der Waals surface area contributed by atoms with Gasteiger partial charge in [0.25, 0.3) is 0 Å². The van der Waals surface area contributed by atoms with Crippen LogP contribution < -0.4 is 5.43 Å². The van der Waals surface area contributed by atoms with Gasteiger partial charge < -0.3 is 10.2 Å². The number of carboxylic acid groups (broad SMARTS) is 1. The maximum absolute atomic E-state index is 11.9. The first-order chi connectivity index (χ1) is 13.7. The van der Waals surface area contributed by atoms with Crippen LogP contribution in [0.5, 0.6) is 0 Å². The number of hydrazone groups is 1. The molecule has 160 valence electrons. The monoisotopic (exact) mass is 402 g/mol. The van der Waals surface area contributed by atoms with Crippen molar-refractivity contribution in [3.8, 4) is 0 Å². The third-order valence-electron chi connectivity index (χ3n) is 8.70. The number of carbonyl (C=O) groups excluding carboxylic acids is 1. The molecule has 0 saturated heterocycles. The molecular formula is C23H34N2O4. The average molecular weight is 403 g/mol. The Hall–Kier alpha value is -1.69. The van der Waals surface area contributed by atoms with Gasteiger partial charge >= 0.3 is 5.97 Å². The van der Waals surface area contributed by atoms with E-state index in [0.717, 1.165) is 50.7 Å². The molecular weight excluding hydrogens is 368 g/mol. The smallest absolute Gasteiger partial charge is 0.303 e. The van der Waals surface area contributed by atoms with E-state index in [1.54, 1.807) is 0 Å². The Bertz CT molecular complexity index is 760. The molecule has 0 heterocycles. The predicted molar refractivity (Wildman–Crippen MR) is 110 cm³/mol. The predicted octanol–water partition coefficient (Wildman–Crippen LogP) is 3.65. The van der Waals surface area contributed by atoms with Crippen molar-refractivity contribution in [1.82, 2.24) is 5.43 Å². The number of amides is 1. The second-order valence-electron chi connectivity index (χ2n) is 10.1. The first kappa shape index (κ1) is 20.6. The number of allylic oxidation sites excluding steroid dienone is 1. The van der Waals surface area contributed by atoms with Crippen LogP contribution >= 0.6 is 0 Å². The third-order valence-corrected chi connectivity index (χ3v) is 8.70. The van der Waals surface area contributed by atoms with Gasteiger partial charge in [0, 0.05) is 17.5 Å². The van der Waals surface area contributed by atoms with Gasteiger partial charge in [-0.2, -0.15) is 5.10 Å². The summed E-state index contributed by atoms with van der Waals surface area (Å²) in [6.45, 7) is 4.74. The van der Waals surface area contributed by atoms with Crippen molar-refractivity contribution in [2.75, 3.05) is 0 Å². The Morgan fingerprint density at radius 1 is 1.14 bits per heavy atom. The SMILES string of the molecule is C[C@]12CCC(O)CC1=CCC1C2CC[C@]2(C)/C(=N/NC(=O)CCC(=O)O)CCC12. The van der Waals surface area contributed by atoms with E-state index in [-0.39, 0.29) is 35.7 Å². The number of carbonyl (C=O) groups is 2. The zero-order valence-electron chi connectivity index (χ0n) is 17.6. The van der Waals surface area contributed by atoms with Crippen LogP contribution in [-0.2, 0) is 9.59 Å². The van der Waals surface area contributed by atoms with Crippen LogP contribution in [0.2, 0.25) is 0 Å². The minimum atomic E-state index is -0.965. The first-order valence-corrected chi connectivity index (χ1v) is 11.2. The van der Waals surface area contributed by atoms with Crippen molar-refractivity contribution in [1.29, 1.82) is 0 Å². The van der Waals surface area contributed by atoms with Gasteiger partial charge in [0.05, 0.1) is 12.5 Å². The summed E-state index contributed by atoms with van der Waals surface area (Å²) in [6, 6.07) is 0. The Labute approximate surface area is 172 Å². The van der Waals surface area contributed by atoms with Crippen LogP contribution in [0.4, 0.5) is 0 Å². The second kappa shape index (κ2) is 7.53. The number of aliphatic hydroxyl groups is 1. The largest absolute Gasteiger partial charge is 0.481 e. The lowest BCUT2D eigenvalue weighted by molar-refractivity contribution is -0.138. The molecule has 0 aromatic carbocycles. The molecule has 4 aliphatic carbocycles. The van der Waals surface area contributed by atoms with E-state index in [2.05, 4.69) is 30.5 Å². The van der Waals surface area contributed by atoms with Gasteiger partial charge in [-0.1, -0.05) is 25.5 Å². The number of carboxylic acids is 1. The molecule has 4 aliphatic rings. The summed E-state index contributed by atoms with van der Waals surface area (Å²) < 4.78 is 0. The minimum absolute atomic E-state index is 0.0249. The Morgan fingerprint density at radius 2 is 1.86 bits per heavy atom. The summed E-state index contributed by atoms with van der Waals surface area (Å²) in [5, 5.41) is 23.3. The van der Waals surface area contributed by atoms with Crippen LogP contribution in [0, 0.1) is 28.6 Å². The van der Waals surface area contributed by atoms with E-state index in [0.29, 0.717) is 17.8 Å². The van der Waals surface area contributed by atoms with E-state index in [4.69, 9.17) is 5.11 Å². The summed E-state index contributed by atoms with van der Waals surface area (Å²) in [7, 11) is 0. The van der Waals surface area contributed by atoms with Gasteiger partial charge in [-0.3, -0.25) is 9.59 Å². The van der Waals surface area contributed by atoms with Crippen molar-refractivity contribution >= 4 is 17.6 Å². The molecule has 6 atom stereocenters. The zero-order valence-corrected chi connectivity index (χ0v) is 17.6. The van der Waals surface area contributed by atoms with Crippen LogP contribution in [0.25, 0.3) is 0 Å². The lowest BCUT2D eigenvalue weighted by atomic mass is 9.48. The molecule has 3 N–H and O–H groups in total. The average Bonchev–Trinajstić information content (AvgIpc) is 3.01. The quantitative estimate of drug-likeness (QED) is 0.494. The van der Waals surface area contributed by atoms with Crippen molar-refractivity contribution < 1.29 is 19.8 Å². The summed E-state index contributed by atoms with van der Waals surface area (Å²) in [6.07, 6.45) is 10.3. The summed E-state index contributed by atoms with van der Waals surface area (Å²) in [5.41, 5.74) is 5.44. The number of rotatable bonds is 4. The summed E-state index contributed by atoms with van der Waals surface area (Å²) in [5.74, 6) is 0.620. The molecule has 4 rings (SSSR count). The van der Waals surface area contributed by atoms with Gasteiger partial charge in [-0.25, -0.2) is 5.43 Å². The molecule has 6 heteroatoms. The van der Waals surface area contributed by atoms with E-state index in [9.17, 15) is 14.7 Å². The normalized spacial score (nSPS) is 42.4. The van der Waals surface area contributed by atoms with Crippen molar-refractivity contribution in [3.63, 3.8) is 0 Å². The molecule has 6 nitrogen and oxygen atoms in total. The standard InChI is InChI=1S/C23H34N2O4/c1-22-11-9-15(26)13-14(22)3-4-16-17-5-6-19(23(17,2)12-10-18(16)22)24-25-20(27)7-8-21(28)29/h3,15-18,26H,4-13H2,1-2H3,(H,25,27)(H,28,29)/b24-19+/t15?,16?,17?,18?,22-,23-/m0/s1. The van der Waals surface area contributed by atoms with Crippen LogP contribution in [-0.4, -0.2) is 33.9 Å². The van der Waals surface area contributed by atoms with Gasteiger partial charge in [-0.05, 0) is 74.5 Å². The maximum Gasteiger partial charge on any atom is 0.303 e. The number of nitrogens with zero attached hydrogens (tertiary/aromatic N) is 1. The third kappa shape index (κ3) is 3.54. The van der Waals surface area contributed by atoms with Crippen molar-refractivity contribution in [3.05, 3.63) is 11.6 Å². The molecule has 0 radical (unpaired) electrons. The maximum atomic E-state index is 11.9. The summed E-state index contributed by atoms with van der Waals surface area (Å²) >= 11 is 0. The number of hydrogen-bond acceptors (Lipinski definition) is 4. The van der Waals surface area contributed by atoms with Crippen LogP contribution in [0.15, 0.2) is 16.8 Å². The van der Waals surface area contributed by atoms with Gasteiger partial charge in [0.1, 0.15) is 0 Å². The molecule has 0 spiro atoms. The molecule has 29 heavy (non-hydrogen) atoms. The number of fused-ring (bicyclic) bond motifs is 5. The number of aliphatic hydroxyl groups excluding tert-OH is 1. The molecule has 0 bridgehead atoms. The van der Waals surface area contributed by atoms with Crippen LogP contribution in [0.1, 0.15) is 78.1 Å². The number of hydrogen-bond donors (Lipinski definition) is 3.